The highest BCUT2D eigenvalue weighted by molar-refractivity contribution is 5.35. The predicted octanol–water partition coefficient (Wildman–Crippen LogP) is 1.40. The first-order valence-corrected chi connectivity index (χ1v) is 5.05. The lowest BCUT2D eigenvalue weighted by atomic mass is 10.1. The molecular formula is C11H13N3O3. The number of rotatable bonds is 6. The number of non-ortho nitro benzene ring substituents is 1. The van der Waals surface area contributed by atoms with Crippen LogP contribution in [0.15, 0.2) is 24.3 Å². The van der Waals surface area contributed by atoms with Crippen molar-refractivity contribution in [1.29, 1.82) is 5.26 Å². The van der Waals surface area contributed by atoms with Crippen LogP contribution < -0.4 is 5.32 Å². The zero-order valence-corrected chi connectivity index (χ0v) is 9.42. The first-order chi connectivity index (χ1) is 8.19. The number of hydrogen-bond donors (Lipinski definition) is 1. The fourth-order valence-electron chi connectivity index (χ4n) is 1.33. The van der Waals surface area contributed by atoms with Gasteiger partial charge in [-0.05, 0) is 17.7 Å². The molecular weight excluding hydrogens is 222 g/mol. The Labute approximate surface area is 99.0 Å². The molecule has 0 bridgehead atoms. The fourth-order valence-corrected chi connectivity index (χ4v) is 1.33. The normalized spacial score (nSPS) is 11.8. The second kappa shape index (κ2) is 6.58. The van der Waals surface area contributed by atoms with E-state index in [1.807, 2.05) is 0 Å². The average Bonchev–Trinajstić information content (AvgIpc) is 2.35. The molecule has 1 aromatic rings. The Morgan fingerprint density at radius 2 is 2.18 bits per heavy atom. The number of nitriles is 1. The maximum Gasteiger partial charge on any atom is 0.269 e. The van der Waals surface area contributed by atoms with Crippen LogP contribution in [0, 0.1) is 21.4 Å². The van der Waals surface area contributed by atoms with Crippen molar-refractivity contribution < 1.29 is 9.66 Å². The number of nitro benzene ring substituents is 1. The van der Waals surface area contributed by atoms with E-state index >= 15 is 0 Å². The lowest BCUT2D eigenvalue weighted by Crippen LogP contribution is -2.23. The Balaban J connectivity index is 2.69. The zero-order valence-electron chi connectivity index (χ0n) is 9.42. The number of nitrogens with one attached hydrogen (secondary N) is 1. The minimum atomic E-state index is -0.481. The van der Waals surface area contributed by atoms with Crippen LogP contribution in [-0.2, 0) is 4.74 Å². The third kappa shape index (κ3) is 3.83. The number of hydrogen-bond acceptors (Lipinski definition) is 5. The summed E-state index contributed by atoms with van der Waals surface area (Å²) >= 11 is 0. The van der Waals surface area contributed by atoms with Gasteiger partial charge in [0.2, 0.25) is 0 Å². The molecule has 6 nitrogen and oxygen atoms in total. The van der Waals surface area contributed by atoms with Crippen LogP contribution in [-0.4, -0.2) is 25.2 Å². The van der Waals surface area contributed by atoms with Crippen LogP contribution in [0.4, 0.5) is 5.69 Å². The highest BCUT2D eigenvalue weighted by atomic mass is 16.6. The van der Waals surface area contributed by atoms with Crippen LogP contribution in [0.2, 0.25) is 0 Å². The van der Waals surface area contributed by atoms with Crippen LogP contribution in [0.5, 0.6) is 0 Å². The Kier molecular flexibility index (Phi) is 5.07. The third-order valence-corrected chi connectivity index (χ3v) is 2.22. The van der Waals surface area contributed by atoms with Crippen molar-refractivity contribution in [2.45, 2.75) is 6.04 Å². The molecule has 0 heterocycles. The van der Waals surface area contributed by atoms with E-state index in [-0.39, 0.29) is 5.69 Å². The van der Waals surface area contributed by atoms with Gasteiger partial charge >= 0.3 is 0 Å². The number of methoxy groups -OCH3 is 1. The van der Waals surface area contributed by atoms with E-state index in [2.05, 4.69) is 11.4 Å². The van der Waals surface area contributed by atoms with E-state index in [1.54, 1.807) is 19.2 Å². The number of benzene rings is 1. The van der Waals surface area contributed by atoms with E-state index in [1.165, 1.54) is 12.1 Å². The van der Waals surface area contributed by atoms with E-state index in [9.17, 15) is 10.1 Å². The van der Waals surface area contributed by atoms with Crippen molar-refractivity contribution in [3.8, 4) is 6.07 Å². The van der Waals surface area contributed by atoms with Crippen molar-refractivity contribution in [3.05, 3.63) is 39.9 Å². The van der Waals surface area contributed by atoms with Gasteiger partial charge in [0.1, 0.15) is 6.04 Å². The molecule has 1 atom stereocenters. The summed E-state index contributed by atoms with van der Waals surface area (Å²) in [4.78, 5) is 10.0. The SMILES string of the molecule is COCCNC(C#N)c1ccc([N+](=O)[O-])cc1. The molecule has 1 aromatic carbocycles. The minimum absolute atomic E-state index is 0.0160. The molecule has 0 aliphatic heterocycles. The van der Waals surface area contributed by atoms with Gasteiger partial charge in [0.05, 0.1) is 17.6 Å². The molecule has 0 aliphatic rings. The molecule has 0 aromatic heterocycles. The summed E-state index contributed by atoms with van der Waals surface area (Å²) < 4.78 is 4.86. The molecule has 0 saturated carbocycles. The van der Waals surface area contributed by atoms with Gasteiger partial charge in [-0.3, -0.25) is 15.4 Å². The van der Waals surface area contributed by atoms with Gasteiger partial charge in [0, 0.05) is 25.8 Å². The summed E-state index contributed by atoms with van der Waals surface area (Å²) in [5.74, 6) is 0. The molecule has 17 heavy (non-hydrogen) atoms. The van der Waals surface area contributed by atoms with Gasteiger partial charge in [-0.25, -0.2) is 0 Å². The first kappa shape index (κ1) is 13.1. The van der Waals surface area contributed by atoms with Crippen molar-refractivity contribution in [2.75, 3.05) is 20.3 Å². The molecule has 6 heteroatoms. The predicted molar refractivity (Wildman–Crippen MR) is 61.3 cm³/mol. The molecule has 0 spiro atoms. The zero-order chi connectivity index (χ0) is 12.7. The van der Waals surface area contributed by atoms with Crippen molar-refractivity contribution >= 4 is 5.69 Å². The number of nitro groups is 1. The summed E-state index contributed by atoms with van der Waals surface area (Å²) in [5.41, 5.74) is 0.719. The second-order valence-corrected chi connectivity index (χ2v) is 3.36. The standard InChI is InChI=1S/C11H13N3O3/c1-17-7-6-13-11(8-12)9-2-4-10(5-3-9)14(15)16/h2-5,11,13H,6-7H2,1H3. The maximum atomic E-state index is 10.5. The highest BCUT2D eigenvalue weighted by Gasteiger charge is 2.11. The smallest absolute Gasteiger partial charge is 0.269 e. The molecule has 1 rings (SSSR count). The molecule has 1 N–H and O–H groups in total. The molecule has 0 aliphatic carbocycles. The Morgan fingerprint density at radius 1 is 1.53 bits per heavy atom. The quantitative estimate of drug-likeness (QED) is 0.457. The average molecular weight is 235 g/mol. The van der Waals surface area contributed by atoms with E-state index in [4.69, 9.17) is 10.00 Å². The fraction of sp³-hybridized carbons (Fsp3) is 0.364. The molecule has 0 amide bonds. The van der Waals surface area contributed by atoms with Crippen LogP contribution in [0.3, 0.4) is 0 Å². The van der Waals surface area contributed by atoms with Gasteiger partial charge in [-0.1, -0.05) is 0 Å². The van der Waals surface area contributed by atoms with Gasteiger partial charge < -0.3 is 4.74 Å². The van der Waals surface area contributed by atoms with E-state index < -0.39 is 11.0 Å². The molecule has 0 saturated heterocycles. The van der Waals surface area contributed by atoms with Gasteiger partial charge in [-0.2, -0.15) is 5.26 Å². The lowest BCUT2D eigenvalue weighted by Gasteiger charge is -2.10. The maximum absolute atomic E-state index is 10.5. The summed E-state index contributed by atoms with van der Waals surface area (Å²) in [5, 5.41) is 22.4. The number of nitrogens with zero attached hydrogens (tertiary/aromatic N) is 2. The molecule has 0 fully saturated rings. The van der Waals surface area contributed by atoms with Crippen LogP contribution in [0.25, 0.3) is 0 Å². The van der Waals surface area contributed by atoms with Gasteiger partial charge in [0.15, 0.2) is 0 Å². The van der Waals surface area contributed by atoms with E-state index in [0.29, 0.717) is 18.7 Å². The number of ether oxygens (including phenoxy) is 1. The summed E-state index contributed by atoms with van der Waals surface area (Å²) in [6, 6.07) is 7.53. The third-order valence-electron chi connectivity index (χ3n) is 2.22. The lowest BCUT2D eigenvalue weighted by molar-refractivity contribution is -0.384. The van der Waals surface area contributed by atoms with Crippen molar-refractivity contribution in [3.63, 3.8) is 0 Å². The summed E-state index contributed by atoms with van der Waals surface area (Å²) in [6.45, 7) is 1.05. The molecule has 90 valence electrons. The van der Waals surface area contributed by atoms with Gasteiger partial charge in [-0.15, -0.1) is 0 Å². The van der Waals surface area contributed by atoms with Crippen LogP contribution in [0.1, 0.15) is 11.6 Å². The highest BCUT2D eigenvalue weighted by Crippen LogP contribution is 2.17. The van der Waals surface area contributed by atoms with Crippen molar-refractivity contribution in [2.24, 2.45) is 0 Å². The topological polar surface area (TPSA) is 88.2 Å². The van der Waals surface area contributed by atoms with Crippen LogP contribution >= 0.6 is 0 Å². The monoisotopic (exact) mass is 235 g/mol. The minimum Gasteiger partial charge on any atom is -0.383 e. The largest absolute Gasteiger partial charge is 0.383 e. The van der Waals surface area contributed by atoms with Crippen molar-refractivity contribution in [1.82, 2.24) is 5.32 Å². The Hall–Kier alpha value is -1.97. The molecule has 1 unspecified atom stereocenters. The Bertz CT molecular complexity index is 411. The first-order valence-electron chi connectivity index (χ1n) is 5.05. The molecule has 0 radical (unpaired) electrons. The summed E-state index contributed by atoms with van der Waals surface area (Å²) in [7, 11) is 1.58. The summed E-state index contributed by atoms with van der Waals surface area (Å²) in [6.07, 6.45) is 0. The van der Waals surface area contributed by atoms with Gasteiger partial charge in [0.25, 0.3) is 5.69 Å². The van der Waals surface area contributed by atoms with E-state index in [0.717, 1.165) is 0 Å². The Morgan fingerprint density at radius 3 is 2.65 bits per heavy atom. The second-order valence-electron chi connectivity index (χ2n) is 3.36.